The number of carbonyl (C=O) groups is 1. The number of halogens is 1. The van der Waals surface area contributed by atoms with Crippen LogP contribution in [0.15, 0.2) is 36.5 Å². The van der Waals surface area contributed by atoms with Crippen molar-refractivity contribution in [1.82, 2.24) is 4.98 Å². The first-order valence-electron chi connectivity index (χ1n) is 6.02. The van der Waals surface area contributed by atoms with Gasteiger partial charge in [0.25, 0.3) is 0 Å². The van der Waals surface area contributed by atoms with Crippen LogP contribution in [0, 0.1) is 6.92 Å². The molecule has 5 heteroatoms. The maximum Gasteiger partial charge on any atom is 0.338 e. The molecule has 0 atom stereocenters. The van der Waals surface area contributed by atoms with Crippen LogP contribution in [0.25, 0.3) is 0 Å². The lowest BCUT2D eigenvalue weighted by atomic mass is 10.1. The van der Waals surface area contributed by atoms with Gasteiger partial charge < -0.3 is 9.47 Å². The molecule has 0 saturated heterocycles. The molecule has 0 bridgehead atoms. The fraction of sp³-hybridized carbons (Fsp3) is 0.200. The van der Waals surface area contributed by atoms with E-state index in [4.69, 9.17) is 21.1 Å². The average Bonchev–Trinajstić information content (AvgIpc) is 2.47. The number of benzene rings is 1. The molecule has 20 heavy (non-hydrogen) atoms. The smallest absolute Gasteiger partial charge is 0.338 e. The average molecular weight is 292 g/mol. The summed E-state index contributed by atoms with van der Waals surface area (Å²) in [7, 11) is 1.57. The molecular weight excluding hydrogens is 278 g/mol. The van der Waals surface area contributed by atoms with Gasteiger partial charge in [-0.15, -0.1) is 0 Å². The maximum absolute atomic E-state index is 11.9. The molecule has 0 unspecified atom stereocenters. The van der Waals surface area contributed by atoms with E-state index in [1.54, 1.807) is 37.6 Å². The standard InChI is InChI=1S/C15H14ClNO3/c1-10-3-5-12(7-13(10)19-2)15(18)20-9-11-4-6-14(16)17-8-11/h3-8H,9H2,1-2H3. The highest BCUT2D eigenvalue weighted by Crippen LogP contribution is 2.19. The zero-order valence-corrected chi connectivity index (χ0v) is 12.0. The van der Waals surface area contributed by atoms with Crippen LogP contribution < -0.4 is 4.74 Å². The summed E-state index contributed by atoms with van der Waals surface area (Å²) in [6, 6.07) is 8.61. The monoisotopic (exact) mass is 291 g/mol. The van der Waals surface area contributed by atoms with E-state index in [-0.39, 0.29) is 6.61 Å². The first-order chi connectivity index (χ1) is 9.60. The number of methoxy groups -OCH3 is 1. The Labute approximate surface area is 122 Å². The van der Waals surface area contributed by atoms with Gasteiger partial charge in [0.15, 0.2) is 0 Å². The summed E-state index contributed by atoms with van der Waals surface area (Å²) in [5.74, 6) is 0.255. The predicted molar refractivity (Wildman–Crippen MR) is 76.1 cm³/mol. The van der Waals surface area contributed by atoms with Gasteiger partial charge in [0, 0.05) is 11.8 Å². The molecule has 0 spiro atoms. The quantitative estimate of drug-likeness (QED) is 0.640. The summed E-state index contributed by atoms with van der Waals surface area (Å²) in [6.07, 6.45) is 1.57. The highest BCUT2D eigenvalue weighted by molar-refractivity contribution is 6.29. The third-order valence-corrected chi connectivity index (χ3v) is 3.03. The summed E-state index contributed by atoms with van der Waals surface area (Å²) in [5.41, 5.74) is 2.20. The molecule has 2 aromatic rings. The van der Waals surface area contributed by atoms with Gasteiger partial charge in [-0.1, -0.05) is 23.7 Å². The first kappa shape index (κ1) is 14.3. The number of pyridine rings is 1. The van der Waals surface area contributed by atoms with Crippen molar-refractivity contribution in [2.75, 3.05) is 7.11 Å². The van der Waals surface area contributed by atoms with E-state index in [0.717, 1.165) is 11.1 Å². The van der Waals surface area contributed by atoms with Crippen LogP contribution >= 0.6 is 11.6 Å². The normalized spacial score (nSPS) is 10.2. The number of aromatic nitrogens is 1. The third kappa shape index (κ3) is 3.48. The Morgan fingerprint density at radius 1 is 1.30 bits per heavy atom. The summed E-state index contributed by atoms with van der Waals surface area (Å²) >= 11 is 5.69. The predicted octanol–water partition coefficient (Wildman–Crippen LogP) is 3.41. The van der Waals surface area contributed by atoms with E-state index in [0.29, 0.717) is 16.5 Å². The molecule has 0 aliphatic carbocycles. The summed E-state index contributed by atoms with van der Waals surface area (Å²) in [5, 5.41) is 0.406. The molecule has 0 amide bonds. The van der Waals surface area contributed by atoms with Crippen LogP contribution in [-0.2, 0) is 11.3 Å². The maximum atomic E-state index is 11.9. The minimum atomic E-state index is -0.404. The lowest BCUT2D eigenvalue weighted by Crippen LogP contribution is -2.06. The topological polar surface area (TPSA) is 48.4 Å². The van der Waals surface area contributed by atoms with Crippen molar-refractivity contribution in [3.05, 3.63) is 58.4 Å². The second kappa shape index (κ2) is 6.39. The second-order valence-corrected chi connectivity index (χ2v) is 4.64. The summed E-state index contributed by atoms with van der Waals surface area (Å²) in [6.45, 7) is 2.06. The lowest BCUT2D eigenvalue weighted by Gasteiger charge is -2.08. The van der Waals surface area contributed by atoms with Crippen LogP contribution in [0.2, 0.25) is 5.15 Å². The lowest BCUT2D eigenvalue weighted by molar-refractivity contribution is 0.0472. The highest BCUT2D eigenvalue weighted by atomic mass is 35.5. The van der Waals surface area contributed by atoms with E-state index < -0.39 is 5.97 Å². The number of nitrogens with zero attached hydrogens (tertiary/aromatic N) is 1. The number of hydrogen-bond acceptors (Lipinski definition) is 4. The fourth-order valence-corrected chi connectivity index (χ4v) is 1.78. The van der Waals surface area contributed by atoms with Crippen molar-refractivity contribution >= 4 is 17.6 Å². The Morgan fingerprint density at radius 3 is 2.75 bits per heavy atom. The second-order valence-electron chi connectivity index (χ2n) is 4.25. The van der Waals surface area contributed by atoms with Crippen molar-refractivity contribution in [2.24, 2.45) is 0 Å². The molecule has 0 aliphatic rings. The van der Waals surface area contributed by atoms with E-state index in [1.165, 1.54) is 0 Å². The van der Waals surface area contributed by atoms with Gasteiger partial charge in [-0.3, -0.25) is 0 Å². The van der Waals surface area contributed by atoms with Gasteiger partial charge in [-0.25, -0.2) is 9.78 Å². The van der Waals surface area contributed by atoms with Gasteiger partial charge in [0.05, 0.1) is 12.7 Å². The van der Waals surface area contributed by atoms with Crippen molar-refractivity contribution in [1.29, 1.82) is 0 Å². The van der Waals surface area contributed by atoms with Crippen LogP contribution in [-0.4, -0.2) is 18.1 Å². The number of aryl methyl sites for hydroxylation is 1. The minimum absolute atomic E-state index is 0.152. The number of ether oxygens (including phenoxy) is 2. The Hall–Kier alpha value is -2.07. The molecular formula is C15H14ClNO3. The Kier molecular flexibility index (Phi) is 4.58. The Bertz CT molecular complexity index is 611. The molecule has 1 aromatic carbocycles. The SMILES string of the molecule is COc1cc(C(=O)OCc2ccc(Cl)nc2)ccc1C. The van der Waals surface area contributed by atoms with Crippen molar-refractivity contribution in [2.45, 2.75) is 13.5 Å². The van der Waals surface area contributed by atoms with Crippen LogP contribution in [0.4, 0.5) is 0 Å². The number of hydrogen-bond donors (Lipinski definition) is 0. The van der Waals surface area contributed by atoms with E-state index in [1.807, 2.05) is 13.0 Å². The zero-order valence-electron chi connectivity index (χ0n) is 11.2. The van der Waals surface area contributed by atoms with Crippen molar-refractivity contribution < 1.29 is 14.3 Å². The van der Waals surface area contributed by atoms with Gasteiger partial charge >= 0.3 is 5.97 Å². The molecule has 1 aromatic heterocycles. The van der Waals surface area contributed by atoms with E-state index in [2.05, 4.69) is 4.98 Å². The highest BCUT2D eigenvalue weighted by Gasteiger charge is 2.10. The van der Waals surface area contributed by atoms with Crippen molar-refractivity contribution in [3.63, 3.8) is 0 Å². The molecule has 4 nitrogen and oxygen atoms in total. The number of rotatable bonds is 4. The molecule has 0 saturated carbocycles. The van der Waals surface area contributed by atoms with E-state index >= 15 is 0 Å². The molecule has 0 radical (unpaired) electrons. The fourth-order valence-electron chi connectivity index (χ4n) is 1.67. The van der Waals surface area contributed by atoms with Gasteiger partial charge in [-0.2, -0.15) is 0 Å². The van der Waals surface area contributed by atoms with Crippen LogP contribution in [0.3, 0.4) is 0 Å². The molecule has 1 heterocycles. The first-order valence-corrected chi connectivity index (χ1v) is 6.40. The Balaban J connectivity index is 2.03. The summed E-state index contributed by atoms with van der Waals surface area (Å²) < 4.78 is 10.4. The van der Waals surface area contributed by atoms with Gasteiger partial charge in [-0.05, 0) is 30.7 Å². The number of carbonyl (C=O) groups excluding carboxylic acids is 1. The van der Waals surface area contributed by atoms with Gasteiger partial charge in [0.2, 0.25) is 0 Å². The Morgan fingerprint density at radius 2 is 2.10 bits per heavy atom. The van der Waals surface area contributed by atoms with Crippen LogP contribution in [0.1, 0.15) is 21.5 Å². The molecule has 0 fully saturated rings. The molecule has 0 N–H and O–H groups in total. The summed E-state index contributed by atoms with van der Waals surface area (Å²) in [4.78, 5) is 15.9. The molecule has 0 aliphatic heterocycles. The largest absolute Gasteiger partial charge is 0.496 e. The zero-order chi connectivity index (χ0) is 14.5. The van der Waals surface area contributed by atoms with Crippen LogP contribution in [0.5, 0.6) is 5.75 Å². The minimum Gasteiger partial charge on any atom is -0.496 e. The van der Waals surface area contributed by atoms with Crippen molar-refractivity contribution in [3.8, 4) is 5.75 Å². The third-order valence-electron chi connectivity index (χ3n) is 2.80. The van der Waals surface area contributed by atoms with Gasteiger partial charge in [0.1, 0.15) is 17.5 Å². The molecule has 104 valence electrons. The van der Waals surface area contributed by atoms with E-state index in [9.17, 15) is 4.79 Å². The molecule has 2 rings (SSSR count). The number of esters is 1.